The zero-order valence-electron chi connectivity index (χ0n) is 13.2. The van der Waals surface area contributed by atoms with Gasteiger partial charge in [0.15, 0.2) is 0 Å². The number of esters is 1. The van der Waals surface area contributed by atoms with Crippen LogP contribution in [0.1, 0.15) is 26.2 Å². The molecule has 0 saturated carbocycles. The summed E-state index contributed by atoms with van der Waals surface area (Å²) in [5.41, 5.74) is 5.63. The molecule has 0 bridgehead atoms. The first-order valence-electron chi connectivity index (χ1n) is 7.50. The fraction of sp³-hybridized carbons (Fsp3) is 0.600. The third kappa shape index (κ3) is 5.82. The molecular weight excluding hydrogens is 302 g/mol. The van der Waals surface area contributed by atoms with Gasteiger partial charge in [0.1, 0.15) is 6.61 Å². The number of ether oxygens (including phenoxy) is 1. The molecule has 8 nitrogen and oxygen atoms in total. The number of hydrogen-bond acceptors (Lipinski definition) is 6. The van der Waals surface area contributed by atoms with E-state index in [1.807, 2.05) is 0 Å². The summed E-state index contributed by atoms with van der Waals surface area (Å²) >= 11 is 0. The van der Waals surface area contributed by atoms with Gasteiger partial charge in [0.2, 0.25) is 17.7 Å². The third-order valence-corrected chi connectivity index (χ3v) is 3.46. The van der Waals surface area contributed by atoms with Crippen molar-refractivity contribution in [1.82, 2.24) is 10.2 Å². The van der Waals surface area contributed by atoms with Crippen LogP contribution in [0.3, 0.4) is 0 Å². The molecule has 1 rings (SSSR count). The molecule has 1 fully saturated rings. The molecule has 1 aliphatic rings. The van der Waals surface area contributed by atoms with E-state index in [4.69, 9.17) is 10.5 Å². The van der Waals surface area contributed by atoms with Crippen LogP contribution in [0.25, 0.3) is 0 Å². The van der Waals surface area contributed by atoms with E-state index in [9.17, 15) is 19.2 Å². The van der Waals surface area contributed by atoms with Crippen LogP contribution in [-0.4, -0.2) is 54.3 Å². The fourth-order valence-electron chi connectivity index (χ4n) is 2.11. The average Bonchev–Trinajstić information content (AvgIpc) is 2.76. The number of nitrogens with zero attached hydrogens (tertiary/aromatic N) is 1. The van der Waals surface area contributed by atoms with Gasteiger partial charge in [-0.2, -0.15) is 0 Å². The summed E-state index contributed by atoms with van der Waals surface area (Å²) in [6.45, 7) is 5.47. The third-order valence-electron chi connectivity index (χ3n) is 3.46. The molecule has 8 heteroatoms. The van der Waals surface area contributed by atoms with E-state index in [1.54, 1.807) is 6.92 Å². The van der Waals surface area contributed by atoms with Crippen LogP contribution < -0.4 is 11.1 Å². The maximum absolute atomic E-state index is 11.7. The van der Waals surface area contributed by atoms with Crippen LogP contribution in [0.4, 0.5) is 0 Å². The molecule has 3 N–H and O–H groups in total. The van der Waals surface area contributed by atoms with Gasteiger partial charge < -0.3 is 15.8 Å². The van der Waals surface area contributed by atoms with E-state index in [-0.39, 0.29) is 56.1 Å². The Morgan fingerprint density at radius 3 is 2.78 bits per heavy atom. The van der Waals surface area contributed by atoms with Crippen molar-refractivity contribution in [2.75, 3.05) is 19.7 Å². The lowest BCUT2D eigenvalue weighted by molar-refractivity contribution is -0.148. The van der Waals surface area contributed by atoms with E-state index >= 15 is 0 Å². The number of amides is 3. The molecule has 0 aromatic carbocycles. The van der Waals surface area contributed by atoms with E-state index in [0.717, 1.165) is 4.90 Å². The molecule has 23 heavy (non-hydrogen) atoms. The number of carbonyl (C=O) groups excluding carboxylic acids is 4. The molecule has 1 aliphatic heterocycles. The Balaban J connectivity index is 2.22. The molecule has 128 valence electrons. The maximum Gasteiger partial charge on any atom is 0.305 e. The Labute approximate surface area is 135 Å². The van der Waals surface area contributed by atoms with Gasteiger partial charge in [0, 0.05) is 25.3 Å². The minimum absolute atomic E-state index is 0.0129. The van der Waals surface area contributed by atoms with Gasteiger partial charge in [-0.3, -0.25) is 24.1 Å². The first-order valence-corrected chi connectivity index (χ1v) is 7.50. The summed E-state index contributed by atoms with van der Waals surface area (Å²) in [6.07, 6.45) is 1.86. The monoisotopic (exact) mass is 325 g/mol. The smallest absolute Gasteiger partial charge is 0.305 e. The highest BCUT2D eigenvalue weighted by Crippen LogP contribution is 2.18. The highest BCUT2D eigenvalue weighted by Gasteiger charge is 2.35. The lowest BCUT2D eigenvalue weighted by Gasteiger charge is -2.14. The molecule has 0 aromatic rings. The zero-order chi connectivity index (χ0) is 17.4. The number of imide groups is 1. The van der Waals surface area contributed by atoms with Crippen LogP contribution in [0.2, 0.25) is 0 Å². The number of rotatable bonds is 9. The number of carbonyl (C=O) groups is 4. The number of hydrogen-bond donors (Lipinski definition) is 2. The first kappa shape index (κ1) is 18.8. The maximum atomic E-state index is 11.7. The van der Waals surface area contributed by atoms with Crippen LogP contribution in [0, 0.1) is 5.92 Å². The van der Waals surface area contributed by atoms with Crippen LogP contribution in [0.5, 0.6) is 0 Å². The summed E-state index contributed by atoms with van der Waals surface area (Å²) in [5.74, 6) is -1.69. The normalized spacial score (nSPS) is 18.7. The summed E-state index contributed by atoms with van der Waals surface area (Å²) in [6, 6.07) is -0.801. The molecule has 0 radical (unpaired) electrons. The van der Waals surface area contributed by atoms with Crippen LogP contribution in [0.15, 0.2) is 12.7 Å². The fourth-order valence-corrected chi connectivity index (χ4v) is 2.11. The van der Waals surface area contributed by atoms with E-state index in [0.29, 0.717) is 6.54 Å². The highest BCUT2D eigenvalue weighted by molar-refractivity contribution is 6.03. The first-order chi connectivity index (χ1) is 10.9. The zero-order valence-corrected chi connectivity index (χ0v) is 13.2. The van der Waals surface area contributed by atoms with Gasteiger partial charge in [-0.25, -0.2) is 0 Å². The van der Waals surface area contributed by atoms with Crippen molar-refractivity contribution in [3.05, 3.63) is 12.7 Å². The van der Waals surface area contributed by atoms with Gasteiger partial charge in [0.05, 0.1) is 12.6 Å². The second-order valence-corrected chi connectivity index (χ2v) is 5.39. The van der Waals surface area contributed by atoms with Crippen molar-refractivity contribution >= 4 is 23.7 Å². The molecule has 0 aromatic heterocycles. The molecule has 1 saturated heterocycles. The molecular formula is C15H23N3O5. The minimum atomic E-state index is -0.801. The molecule has 0 spiro atoms. The predicted molar refractivity (Wildman–Crippen MR) is 81.9 cm³/mol. The summed E-state index contributed by atoms with van der Waals surface area (Å²) in [5, 5.41) is 2.53. The number of nitrogens with two attached hydrogens (primary N) is 1. The Hall–Kier alpha value is -2.22. The van der Waals surface area contributed by atoms with Crippen molar-refractivity contribution in [1.29, 1.82) is 0 Å². The topological polar surface area (TPSA) is 119 Å². The van der Waals surface area contributed by atoms with Gasteiger partial charge in [-0.05, 0) is 6.42 Å². The standard InChI is InChI=1S/C15H23N3O5/c1-3-6-17-14(21)11(16)4-5-13(20)23-8-7-18-12(19)9-10(2)15(18)22/h3,10-11H,1,4-9,16H2,2H3,(H,17,21). The Morgan fingerprint density at radius 1 is 1.52 bits per heavy atom. The van der Waals surface area contributed by atoms with Gasteiger partial charge in [0.25, 0.3) is 0 Å². The van der Waals surface area contributed by atoms with Crippen molar-refractivity contribution in [2.24, 2.45) is 11.7 Å². The highest BCUT2D eigenvalue weighted by atomic mass is 16.5. The lowest BCUT2D eigenvalue weighted by atomic mass is 10.1. The van der Waals surface area contributed by atoms with E-state index < -0.39 is 12.0 Å². The molecule has 0 aliphatic carbocycles. The largest absolute Gasteiger partial charge is 0.464 e. The lowest BCUT2D eigenvalue weighted by Crippen LogP contribution is -2.41. The van der Waals surface area contributed by atoms with Crippen molar-refractivity contribution in [3.63, 3.8) is 0 Å². The Bertz CT molecular complexity index is 492. The van der Waals surface area contributed by atoms with E-state index in [2.05, 4.69) is 11.9 Å². The number of nitrogens with one attached hydrogen (secondary N) is 1. The van der Waals surface area contributed by atoms with Gasteiger partial charge in [-0.15, -0.1) is 6.58 Å². The Kier molecular flexibility index (Phi) is 7.40. The summed E-state index contributed by atoms with van der Waals surface area (Å²) in [7, 11) is 0. The van der Waals surface area contributed by atoms with Crippen molar-refractivity contribution < 1.29 is 23.9 Å². The Morgan fingerprint density at radius 2 is 2.22 bits per heavy atom. The molecule has 3 amide bonds. The van der Waals surface area contributed by atoms with Crippen LogP contribution >= 0.6 is 0 Å². The second-order valence-electron chi connectivity index (χ2n) is 5.39. The van der Waals surface area contributed by atoms with Gasteiger partial charge >= 0.3 is 5.97 Å². The molecule has 2 unspecified atom stereocenters. The average molecular weight is 325 g/mol. The van der Waals surface area contributed by atoms with Crippen LogP contribution in [-0.2, 0) is 23.9 Å². The SMILES string of the molecule is C=CCNC(=O)C(N)CCC(=O)OCCN1C(=O)CC(C)C1=O. The summed E-state index contributed by atoms with van der Waals surface area (Å²) < 4.78 is 4.96. The van der Waals surface area contributed by atoms with Gasteiger partial charge in [-0.1, -0.05) is 13.0 Å². The quantitative estimate of drug-likeness (QED) is 0.330. The van der Waals surface area contributed by atoms with E-state index in [1.165, 1.54) is 6.08 Å². The minimum Gasteiger partial charge on any atom is -0.464 e. The molecule has 1 heterocycles. The van der Waals surface area contributed by atoms with Crippen molar-refractivity contribution in [3.8, 4) is 0 Å². The second kappa shape index (κ2) is 9.04. The predicted octanol–water partition coefficient (Wildman–Crippen LogP) is -0.666. The summed E-state index contributed by atoms with van der Waals surface area (Å²) in [4.78, 5) is 47.4. The molecule has 2 atom stereocenters. The number of likely N-dealkylation sites (tertiary alicyclic amines) is 1. The van der Waals surface area contributed by atoms with Crippen molar-refractivity contribution in [2.45, 2.75) is 32.2 Å².